The fourth-order valence-electron chi connectivity index (χ4n) is 9.42. The zero-order chi connectivity index (χ0) is 33.9. The first-order valence-electron chi connectivity index (χ1n) is 18.2. The smallest absolute Gasteiger partial charge is 0.333 e. The zero-order valence-corrected chi connectivity index (χ0v) is 28.6. The molecular formula is C35H61N4O8+. The van der Waals surface area contributed by atoms with Gasteiger partial charge in [-0.05, 0) is 90.5 Å². The number of carbonyl (C=O) groups is 2. The number of fused-ring (bicyclic) bond motifs is 2. The van der Waals surface area contributed by atoms with Crippen LogP contribution in [-0.2, 0) is 23.8 Å². The van der Waals surface area contributed by atoms with Crippen LogP contribution in [-0.4, -0.2) is 102 Å². The molecule has 0 spiro atoms. The van der Waals surface area contributed by atoms with Crippen LogP contribution in [0.15, 0.2) is 11.6 Å². The van der Waals surface area contributed by atoms with Gasteiger partial charge in [0.2, 0.25) is 0 Å². The lowest BCUT2D eigenvalue weighted by molar-refractivity contribution is -0.703. The minimum atomic E-state index is -1.05. The summed E-state index contributed by atoms with van der Waals surface area (Å²) in [6.07, 6.45) is 5.05. The van der Waals surface area contributed by atoms with Gasteiger partial charge < -0.3 is 45.9 Å². The Morgan fingerprint density at radius 1 is 1.21 bits per heavy atom. The highest BCUT2D eigenvalue weighted by Crippen LogP contribution is 2.54. The van der Waals surface area contributed by atoms with Crippen LogP contribution in [0.3, 0.4) is 0 Å². The van der Waals surface area contributed by atoms with Crippen molar-refractivity contribution in [3.63, 3.8) is 0 Å². The van der Waals surface area contributed by atoms with Crippen molar-refractivity contribution in [2.75, 3.05) is 26.3 Å². The molecule has 1 aliphatic carbocycles. The van der Waals surface area contributed by atoms with E-state index in [1.165, 1.54) is 0 Å². The minimum Gasteiger partial charge on any atom is -0.456 e. The van der Waals surface area contributed by atoms with Crippen LogP contribution in [0.25, 0.3) is 0 Å². The number of aliphatic hydroxyl groups is 3. The van der Waals surface area contributed by atoms with E-state index in [4.69, 9.17) is 25.7 Å². The first kappa shape index (κ1) is 36.8. The Labute approximate surface area is 279 Å². The van der Waals surface area contributed by atoms with E-state index in [0.29, 0.717) is 37.2 Å². The Morgan fingerprint density at radius 2 is 2.00 bits per heavy atom. The Morgan fingerprint density at radius 3 is 2.66 bits per heavy atom. The first-order valence-corrected chi connectivity index (χ1v) is 18.2. The van der Waals surface area contributed by atoms with Crippen molar-refractivity contribution in [1.82, 2.24) is 5.32 Å². The van der Waals surface area contributed by atoms with Crippen LogP contribution in [0.2, 0.25) is 0 Å². The van der Waals surface area contributed by atoms with E-state index in [9.17, 15) is 24.9 Å². The molecule has 0 radical (unpaired) electrons. The maximum absolute atomic E-state index is 13.7. The molecule has 4 saturated heterocycles. The van der Waals surface area contributed by atoms with E-state index in [1.807, 2.05) is 6.92 Å². The Bertz CT molecular complexity index is 1100. The molecule has 0 bridgehead atoms. The van der Waals surface area contributed by atoms with Crippen molar-refractivity contribution in [1.29, 1.82) is 0 Å². The second-order valence-electron chi connectivity index (χ2n) is 15.3. The summed E-state index contributed by atoms with van der Waals surface area (Å²) < 4.78 is 20.1. The number of allylic oxidation sites excluding steroid dienone is 1. The maximum Gasteiger partial charge on any atom is 0.333 e. The molecule has 1 saturated carbocycles. The summed E-state index contributed by atoms with van der Waals surface area (Å²) in [7, 11) is 0. The van der Waals surface area contributed by atoms with Crippen molar-refractivity contribution in [3.05, 3.63) is 11.6 Å². The number of nitrogens with two attached hydrogens (primary N) is 3. The number of hydrogen-bond donors (Lipinski definition) is 7. The molecule has 4 heterocycles. The number of piperidine rings is 2. The number of ether oxygens (including phenoxy) is 3. The summed E-state index contributed by atoms with van der Waals surface area (Å²) in [4.78, 5) is 27.0. The van der Waals surface area contributed by atoms with E-state index >= 15 is 0 Å². The molecule has 12 nitrogen and oxygen atoms in total. The maximum atomic E-state index is 13.7. The number of carbonyl (C=O) groups excluding carboxylic acids is 2. The second kappa shape index (κ2) is 16.0. The van der Waals surface area contributed by atoms with Gasteiger partial charge in [0.05, 0.1) is 49.7 Å². The lowest BCUT2D eigenvalue weighted by Crippen LogP contribution is -2.95. The summed E-state index contributed by atoms with van der Waals surface area (Å²) in [6.45, 7) is 7.02. The Kier molecular flexibility index (Phi) is 12.6. The van der Waals surface area contributed by atoms with Gasteiger partial charge in [-0.25, -0.2) is 4.79 Å². The molecule has 5 rings (SSSR count). The number of Topliss-reactive ketones (excluding diaryl/α,β-unsaturated/α-hetero) is 1. The number of hydrogen-bond acceptors (Lipinski definition) is 11. The van der Waals surface area contributed by atoms with E-state index < -0.39 is 53.9 Å². The standard InChI is InChI=1S/C35H60N4O8/c1-4-19(2)34(44)46-26-16-24-31(43)30-25(42)15-22(18-41)45-33(30)29(23(6-5-13-40)21-10-12-38-28(37)14-21)32(24)47-35(26,3)11-9-20-7-8-27(36)39-17-20/h4,20-24,26-33,38-41,43H,5-18,36-37H2,1-3H3/p+1. The van der Waals surface area contributed by atoms with Crippen LogP contribution in [0.5, 0.6) is 0 Å². The molecule has 0 aromatic heterocycles. The molecule has 4 aliphatic heterocycles. The fraction of sp³-hybridized carbons (Fsp3) is 0.886. The quantitative estimate of drug-likeness (QED) is 0.116. The lowest BCUT2D eigenvalue weighted by atomic mass is 9.57. The van der Waals surface area contributed by atoms with Crippen molar-refractivity contribution < 1.29 is 44.4 Å². The highest BCUT2D eigenvalue weighted by Gasteiger charge is 2.63. The third-order valence-corrected chi connectivity index (χ3v) is 12.3. The van der Waals surface area contributed by atoms with Crippen molar-refractivity contribution in [3.8, 4) is 0 Å². The average molecular weight is 666 g/mol. The van der Waals surface area contributed by atoms with Gasteiger partial charge in [0, 0.05) is 42.8 Å². The lowest BCUT2D eigenvalue weighted by Gasteiger charge is -2.60. The second-order valence-corrected chi connectivity index (χ2v) is 15.3. The van der Waals surface area contributed by atoms with Gasteiger partial charge in [0.15, 0.2) is 0 Å². The SMILES string of the molecule is CC=C(C)C(=O)OC1CC2C(O)C3C(=O)CC(CO)OC3C(C(CCCO)C3CCNC(N)C3)C2OC1(C)CCC1CCC(N)[NH2+]C1. The normalized spacial score (nSPS) is 43.5. The molecule has 0 aromatic rings. The highest BCUT2D eigenvalue weighted by atomic mass is 16.6. The number of ketones is 1. The third kappa shape index (κ3) is 8.13. The van der Waals surface area contributed by atoms with Crippen molar-refractivity contribution in [2.45, 2.75) is 133 Å². The third-order valence-electron chi connectivity index (χ3n) is 12.3. The summed E-state index contributed by atoms with van der Waals surface area (Å²) >= 11 is 0. The fourth-order valence-corrected chi connectivity index (χ4v) is 9.42. The molecule has 5 aliphatic rings. The van der Waals surface area contributed by atoms with Gasteiger partial charge in [0.25, 0.3) is 0 Å². The summed E-state index contributed by atoms with van der Waals surface area (Å²) in [5, 5.41) is 37.7. The van der Waals surface area contributed by atoms with Crippen molar-refractivity contribution in [2.24, 2.45) is 47.0 Å². The molecule has 10 N–H and O–H groups in total. The molecule has 14 atom stereocenters. The first-order chi connectivity index (χ1) is 22.5. The molecule has 0 amide bonds. The number of quaternary nitrogens is 1. The zero-order valence-electron chi connectivity index (χ0n) is 28.6. The number of rotatable bonds is 11. The summed E-state index contributed by atoms with van der Waals surface area (Å²) in [5.41, 5.74) is 12.2. The largest absolute Gasteiger partial charge is 0.456 e. The van der Waals surface area contributed by atoms with E-state index in [0.717, 1.165) is 45.2 Å². The van der Waals surface area contributed by atoms with Crippen LogP contribution >= 0.6 is 0 Å². The van der Waals surface area contributed by atoms with E-state index in [2.05, 4.69) is 10.6 Å². The monoisotopic (exact) mass is 665 g/mol. The van der Waals surface area contributed by atoms with Gasteiger partial charge in [-0.3, -0.25) is 10.5 Å². The van der Waals surface area contributed by atoms with Crippen LogP contribution < -0.4 is 22.1 Å². The molecule has 12 heteroatoms. The number of aliphatic hydroxyl groups excluding tert-OH is 3. The highest BCUT2D eigenvalue weighted by molar-refractivity contribution is 5.87. The molecule has 268 valence electrons. The molecule has 0 aromatic carbocycles. The predicted octanol–water partition coefficient (Wildman–Crippen LogP) is 0.0655. The summed E-state index contributed by atoms with van der Waals surface area (Å²) in [6, 6.07) is 0. The molecule has 47 heavy (non-hydrogen) atoms. The van der Waals surface area contributed by atoms with Gasteiger partial charge in [-0.2, -0.15) is 0 Å². The Balaban J connectivity index is 1.53. The molecular weight excluding hydrogens is 604 g/mol. The molecule has 14 unspecified atom stereocenters. The van der Waals surface area contributed by atoms with Gasteiger partial charge in [-0.15, -0.1) is 0 Å². The summed E-state index contributed by atoms with van der Waals surface area (Å²) in [5.74, 6) is -1.41. The topological polar surface area (TPSA) is 203 Å². The number of esters is 1. The minimum absolute atomic E-state index is 0.00362. The van der Waals surface area contributed by atoms with Crippen LogP contribution in [0.4, 0.5) is 0 Å². The molecule has 5 fully saturated rings. The van der Waals surface area contributed by atoms with E-state index in [1.54, 1.807) is 19.9 Å². The Hall–Kier alpha value is -1.48. The van der Waals surface area contributed by atoms with Gasteiger partial charge >= 0.3 is 5.97 Å². The van der Waals surface area contributed by atoms with Crippen LogP contribution in [0.1, 0.15) is 85.0 Å². The van der Waals surface area contributed by atoms with Gasteiger partial charge in [0.1, 0.15) is 23.7 Å². The van der Waals surface area contributed by atoms with E-state index in [-0.39, 0.29) is 55.5 Å². The van der Waals surface area contributed by atoms with Gasteiger partial charge in [-0.1, -0.05) is 6.08 Å². The predicted molar refractivity (Wildman–Crippen MR) is 174 cm³/mol. The van der Waals surface area contributed by atoms with Crippen molar-refractivity contribution >= 4 is 11.8 Å². The average Bonchev–Trinajstić information content (AvgIpc) is 3.05. The van der Waals surface area contributed by atoms with Crippen LogP contribution in [0, 0.1) is 35.5 Å². The number of nitrogens with one attached hydrogen (secondary N) is 1.